The predicted molar refractivity (Wildman–Crippen MR) is 197 cm³/mol. The molecule has 0 saturated carbocycles. The largest absolute Gasteiger partial charge is 0.340 e. The van der Waals surface area contributed by atoms with Crippen LogP contribution in [0.2, 0.25) is 0 Å². The summed E-state index contributed by atoms with van der Waals surface area (Å²) < 4.78 is 3.00. The van der Waals surface area contributed by atoms with Gasteiger partial charge in [-0.15, -0.1) is 0 Å². The van der Waals surface area contributed by atoms with Gasteiger partial charge in [0.2, 0.25) is 0 Å². The number of para-hydroxylation sites is 1. The third kappa shape index (κ3) is 3.68. The van der Waals surface area contributed by atoms with E-state index in [2.05, 4.69) is 84.9 Å². The second kappa shape index (κ2) is 10.2. The summed E-state index contributed by atoms with van der Waals surface area (Å²) in [5.74, 6) is 0. The van der Waals surface area contributed by atoms with Gasteiger partial charge >= 0.3 is 5.69 Å². The molecule has 7 aromatic carbocycles. The number of aromatic nitrogens is 2. The highest BCUT2D eigenvalue weighted by molar-refractivity contribution is 5.95. The monoisotopic (exact) mass is 628 g/mol. The summed E-state index contributed by atoms with van der Waals surface area (Å²) in [6.07, 6.45) is 0. The van der Waals surface area contributed by atoms with E-state index in [-0.39, 0.29) is 5.56 Å². The van der Waals surface area contributed by atoms with Gasteiger partial charge in [0, 0.05) is 0 Å². The van der Waals surface area contributed by atoms with Crippen LogP contribution in [0.1, 0.15) is 22.3 Å². The maximum atomic E-state index is 14.7. The maximum Gasteiger partial charge on any atom is 0.340 e. The van der Waals surface area contributed by atoms with Crippen molar-refractivity contribution in [3.8, 4) is 44.8 Å². The van der Waals surface area contributed by atoms with Crippen LogP contribution in [0.25, 0.3) is 55.7 Å². The minimum absolute atomic E-state index is 0.340. The van der Waals surface area contributed by atoms with Gasteiger partial charge < -0.3 is 0 Å². The van der Waals surface area contributed by atoms with E-state index in [4.69, 9.17) is 0 Å². The first kappa shape index (κ1) is 27.6. The molecule has 49 heavy (non-hydrogen) atoms. The molecule has 1 aromatic heterocycles. The Morgan fingerprint density at radius 3 is 1.51 bits per heavy atom. The van der Waals surface area contributed by atoms with Crippen molar-refractivity contribution < 1.29 is 0 Å². The topological polar surface area (TPSA) is 44.0 Å². The summed E-state index contributed by atoms with van der Waals surface area (Å²) in [6, 6.07) is 57.5. The van der Waals surface area contributed by atoms with Gasteiger partial charge in [-0.05, 0) is 92.0 Å². The van der Waals surface area contributed by atoms with Gasteiger partial charge in [-0.3, -0.25) is 9.36 Å². The van der Waals surface area contributed by atoms with E-state index in [1.165, 1.54) is 37.9 Å². The number of benzene rings is 7. The first-order chi connectivity index (χ1) is 24.2. The number of hydrogen-bond acceptors (Lipinski definition) is 2. The molecule has 0 atom stereocenters. The van der Waals surface area contributed by atoms with Crippen LogP contribution in [0.3, 0.4) is 0 Å². The van der Waals surface area contributed by atoms with Crippen molar-refractivity contribution in [2.75, 3.05) is 0 Å². The van der Waals surface area contributed by atoms with Crippen molar-refractivity contribution >= 4 is 10.9 Å². The van der Waals surface area contributed by atoms with Crippen molar-refractivity contribution in [2.45, 2.75) is 5.41 Å². The van der Waals surface area contributed by atoms with Crippen LogP contribution >= 0.6 is 0 Å². The smallest absolute Gasteiger partial charge is 0.268 e. The summed E-state index contributed by atoms with van der Waals surface area (Å²) in [7, 11) is 0. The van der Waals surface area contributed by atoms with Gasteiger partial charge in [-0.25, -0.2) is 9.36 Å². The zero-order valence-corrected chi connectivity index (χ0v) is 26.4. The third-order valence-corrected chi connectivity index (χ3v) is 10.4. The molecule has 0 bridgehead atoms. The molecule has 1 spiro atoms. The van der Waals surface area contributed by atoms with Gasteiger partial charge in [-0.1, -0.05) is 133 Å². The molecule has 8 aromatic rings. The van der Waals surface area contributed by atoms with Gasteiger partial charge in [0.1, 0.15) is 0 Å². The minimum Gasteiger partial charge on any atom is -0.268 e. The number of hydrogen-bond donors (Lipinski definition) is 0. The molecule has 0 N–H and O–H groups in total. The lowest BCUT2D eigenvalue weighted by Crippen LogP contribution is -2.38. The molecular weight excluding hydrogens is 601 g/mol. The fourth-order valence-corrected chi connectivity index (χ4v) is 8.39. The number of fused-ring (bicyclic) bond motifs is 11. The molecule has 0 aliphatic heterocycles. The Balaban J connectivity index is 1.24. The summed E-state index contributed by atoms with van der Waals surface area (Å²) >= 11 is 0. The average Bonchev–Trinajstić information content (AvgIpc) is 3.63. The molecule has 230 valence electrons. The second-order valence-corrected chi connectivity index (χ2v) is 12.8. The summed E-state index contributed by atoms with van der Waals surface area (Å²) in [6.45, 7) is 0. The molecule has 0 amide bonds. The molecule has 0 fully saturated rings. The maximum absolute atomic E-state index is 14.7. The Bertz CT molecular complexity index is 2690. The molecule has 1 heterocycles. The van der Waals surface area contributed by atoms with Crippen LogP contribution < -0.4 is 11.2 Å². The van der Waals surface area contributed by atoms with Crippen molar-refractivity contribution in [2.24, 2.45) is 0 Å². The molecule has 0 unspecified atom stereocenters. The Labute approximate surface area is 282 Å². The zero-order chi connectivity index (χ0) is 32.7. The lowest BCUT2D eigenvalue weighted by Gasteiger charge is -2.30. The van der Waals surface area contributed by atoms with Crippen LogP contribution in [0.5, 0.6) is 0 Å². The second-order valence-electron chi connectivity index (χ2n) is 12.8. The Hall–Kier alpha value is -6.52. The molecule has 2 aliphatic carbocycles. The van der Waals surface area contributed by atoms with Gasteiger partial charge in [0.05, 0.1) is 27.7 Å². The summed E-state index contributed by atoms with van der Waals surface area (Å²) in [4.78, 5) is 28.8. The molecule has 0 saturated heterocycles. The predicted octanol–water partition coefficient (Wildman–Crippen LogP) is 9.15. The highest BCUT2D eigenvalue weighted by Crippen LogP contribution is 2.62. The zero-order valence-electron chi connectivity index (χ0n) is 26.4. The van der Waals surface area contributed by atoms with Crippen LogP contribution in [-0.4, -0.2) is 9.13 Å². The Morgan fingerprint density at radius 2 is 0.878 bits per heavy atom. The first-order valence-electron chi connectivity index (χ1n) is 16.5. The third-order valence-electron chi connectivity index (χ3n) is 10.4. The van der Waals surface area contributed by atoms with E-state index in [0.717, 1.165) is 22.3 Å². The quantitative estimate of drug-likeness (QED) is 0.196. The van der Waals surface area contributed by atoms with Crippen LogP contribution in [0, 0.1) is 0 Å². The standard InChI is InChI=1S/C45H28N2O2/c48-43-37-17-7-11-21-42(37)46(44(49)47(43)31-24-22-30(23-25-31)29-12-2-1-3-13-29)32-26-27-36-35-16-6-10-20-40(35)45(41(36)28-32)38-18-8-4-14-33(38)34-15-5-9-19-39(34)45/h1-28H. The van der Waals surface area contributed by atoms with Crippen molar-refractivity contribution in [3.05, 3.63) is 213 Å². The highest BCUT2D eigenvalue weighted by atomic mass is 16.2. The van der Waals surface area contributed by atoms with E-state index in [9.17, 15) is 9.59 Å². The van der Waals surface area contributed by atoms with E-state index >= 15 is 0 Å². The van der Waals surface area contributed by atoms with Gasteiger partial charge in [-0.2, -0.15) is 0 Å². The van der Waals surface area contributed by atoms with E-state index in [1.807, 2.05) is 78.9 Å². The van der Waals surface area contributed by atoms with Crippen LogP contribution in [-0.2, 0) is 5.41 Å². The molecule has 10 rings (SSSR count). The lowest BCUT2D eigenvalue weighted by molar-refractivity contribution is 0.788. The van der Waals surface area contributed by atoms with Crippen molar-refractivity contribution in [1.82, 2.24) is 9.13 Å². The number of nitrogens with zero attached hydrogens (tertiary/aromatic N) is 2. The fourth-order valence-electron chi connectivity index (χ4n) is 8.39. The van der Waals surface area contributed by atoms with E-state index < -0.39 is 11.1 Å². The Morgan fingerprint density at radius 1 is 0.388 bits per heavy atom. The van der Waals surface area contributed by atoms with E-state index in [1.54, 1.807) is 10.6 Å². The van der Waals surface area contributed by atoms with Gasteiger partial charge in [0.15, 0.2) is 0 Å². The fraction of sp³-hybridized carbons (Fsp3) is 0.0222. The molecule has 2 aliphatic rings. The molecular formula is C45H28N2O2. The van der Waals surface area contributed by atoms with E-state index in [0.29, 0.717) is 22.3 Å². The normalized spacial score (nSPS) is 13.2. The molecule has 4 heteroatoms. The average molecular weight is 629 g/mol. The summed E-state index contributed by atoms with van der Waals surface area (Å²) in [5.41, 5.74) is 12.2. The van der Waals surface area contributed by atoms with Crippen molar-refractivity contribution in [1.29, 1.82) is 0 Å². The first-order valence-corrected chi connectivity index (χ1v) is 16.5. The minimum atomic E-state index is -0.545. The lowest BCUT2D eigenvalue weighted by atomic mass is 9.70. The summed E-state index contributed by atoms with van der Waals surface area (Å²) in [5, 5.41) is 0.476. The SMILES string of the molecule is O=c1c2ccccc2n(-c2ccc3c(c2)C2(c4ccccc4-c4ccccc42)c2ccccc2-3)c(=O)n1-c1ccc(-c2ccccc2)cc1. The molecule has 4 nitrogen and oxygen atoms in total. The highest BCUT2D eigenvalue weighted by Gasteiger charge is 2.51. The Kier molecular flexibility index (Phi) is 5.76. The number of rotatable bonds is 3. The van der Waals surface area contributed by atoms with Crippen molar-refractivity contribution in [3.63, 3.8) is 0 Å². The van der Waals surface area contributed by atoms with Crippen LogP contribution in [0.4, 0.5) is 0 Å². The van der Waals surface area contributed by atoms with Gasteiger partial charge in [0.25, 0.3) is 5.56 Å². The van der Waals surface area contributed by atoms with Crippen LogP contribution in [0.15, 0.2) is 179 Å². The molecule has 0 radical (unpaired) electrons.